The second kappa shape index (κ2) is 4.23. The first kappa shape index (κ1) is 9.98. The summed E-state index contributed by atoms with van der Waals surface area (Å²) in [6.45, 7) is 1.91. The molecule has 1 heterocycles. The molecule has 1 rings (SSSR count). The van der Waals surface area contributed by atoms with Crippen LogP contribution in [-0.2, 0) is 11.0 Å². The molecule has 0 radical (unpaired) electrons. The standard InChI is InChI=1S/C8H12N2O2S/c1-6-4-7(10-13(3)11)8(12-2)9-5-6/h4-5,10H,1-3H3. The molecule has 1 N–H and O–H groups in total. The summed E-state index contributed by atoms with van der Waals surface area (Å²) in [6.07, 6.45) is 3.25. The Kier molecular flexibility index (Phi) is 3.25. The highest BCUT2D eigenvalue weighted by atomic mass is 32.2. The first-order valence-corrected chi connectivity index (χ1v) is 5.30. The fraction of sp³-hybridized carbons (Fsp3) is 0.375. The zero-order valence-electron chi connectivity index (χ0n) is 7.83. The van der Waals surface area contributed by atoms with Crippen molar-refractivity contribution in [3.63, 3.8) is 0 Å². The first-order chi connectivity index (χ1) is 6.13. The van der Waals surface area contributed by atoms with Gasteiger partial charge in [-0.15, -0.1) is 0 Å². The van der Waals surface area contributed by atoms with Gasteiger partial charge < -0.3 is 9.46 Å². The molecule has 0 aliphatic carbocycles. The van der Waals surface area contributed by atoms with Crippen LogP contribution in [0, 0.1) is 6.92 Å². The third-order valence-corrected chi connectivity index (χ3v) is 1.94. The van der Waals surface area contributed by atoms with Crippen molar-refractivity contribution in [1.82, 2.24) is 4.98 Å². The predicted octanol–water partition coefficient (Wildman–Crippen LogP) is 1.10. The third-order valence-electron chi connectivity index (χ3n) is 1.43. The normalized spacial score (nSPS) is 12.2. The Morgan fingerprint density at radius 1 is 1.62 bits per heavy atom. The lowest BCUT2D eigenvalue weighted by molar-refractivity contribution is 0.400. The number of nitrogens with one attached hydrogen (secondary N) is 1. The summed E-state index contributed by atoms with van der Waals surface area (Å²) in [5, 5.41) is 0. The number of pyridine rings is 1. The lowest BCUT2D eigenvalue weighted by Crippen LogP contribution is -2.04. The summed E-state index contributed by atoms with van der Waals surface area (Å²) in [4.78, 5) is 4.03. The molecule has 5 heteroatoms. The highest BCUT2D eigenvalue weighted by Crippen LogP contribution is 2.21. The molecule has 0 saturated carbocycles. The maximum atomic E-state index is 10.9. The van der Waals surface area contributed by atoms with Crippen LogP contribution in [0.5, 0.6) is 5.88 Å². The van der Waals surface area contributed by atoms with Gasteiger partial charge in [0, 0.05) is 12.5 Å². The molecule has 0 aliphatic heterocycles. The molecule has 0 fully saturated rings. The predicted molar refractivity (Wildman–Crippen MR) is 53.2 cm³/mol. The topological polar surface area (TPSA) is 51.2 Å². The van der Waals surface area contributed by atoms with Crippen LogP contribution < -0.4 is 9.46 Å². The number of aromatic nitrogens is 1. The van der Waals surface area contributed by atoms with Crippen LogP contribution in [0.1, 0.15) is 5.56 Å². The Bertz CT molecular complexity index is 328. The molecule has 1 aromatic heterocycles. The molecule has 13 heavy (non-hydrogen) atoms. The number of nitrogens with zero attached hydrogens (tertiary/aromatic N) is 1. The van der Waals surface area contributed by atoms with Crippen molar-refractivity contribution in [2.45, 2.75) is 6.92 Å². The summed E-state index contributed by atoms with van der Waals surface area (Å²) < 4.78 is 18.7. The number of hydrogen-bond acceptors (Lipinski definition) is 3. The molecule has 72 valence electrons. The number of aryl methyl sites for hydroxylation is 1. The van der Waals surface area contributed by atoms with E-state index in [9.17, 15) is 4.21 Å². The lowest BCUT2D eigenvalue weighted by Gasteiger charge is -2.07. The van der Waals surface area contributed by atoms with E-state index in [2.05, 4.69) is 9.71 Å². The maximum absolute atomic E-state index is 10.9. The van der Waals surface area contributed by atoms with Crippen molar-refractivity contribution < 1.29 is 8.95 Å². The van der Waals surface area contributed by atoms with Crippen molar-refractivity contribution in [3.8, 4) is 5.88 Å². The van der Waals surface area contributed by atoms with Crippen LogP contribution in [0.3, 0.4) is 0 Å². The highest BCUT2D eigenvalue weighted by Gasteiger charge is 2.04. The van der Waals surface area contributed by atoms with E-state index in [4.69, 9.17) is 4.74 Å². The van der Waals surface area contributed by atoms with E-state index < -0.39 is 11.0 Å². The van der Waals surface area contributed by atoms with Gasteiger partial charge in [0.15, 0.2) is 0 Å². The second-order valence-corrected chi connectivity index (χ2v) is 3.74. The molecular formula is C8H12N2O2S. The van der Waals surface area contributed by atoms with E-state index in [0.717, 1.165) is 5.56 Å². The molecule has 0 aromatic carbocycles. The summed E-state index contributed by atoms with van der Waals surface area (Å²) >= 11 is 0. The van der Waals surface area contributed by atoms with E-state index in [0.29, 0.717) is 11.6 Å². The SMILES string of the molecule is COc1ncc(C)cc1NS(C)=O. The zero-order valence-corrected chi connectivity index (χ0v) is 8.64. The van der Waals surface area contributed by atoms with Crippen LogP contribution in [0.15, 0.2) is 12.3 Å². The Labute approximate surface area is 79.9 Å². The van der Waals surface area contributed by atoms with Crippen molar-refractivity contribution in [3.05, 3.63) is 17.8 Å². The Balaban J connectivity index is 3.01. The summed E-state index contributed by atoms with van der Waals surface area (Å²) in [5.74, 6) is 0.459. The smallest absolute Gasteiger partial charge is 0.238 e. The zero-order chi connectivity index (χ0) is 9.84. The van der Waals surface area contributed by atoms with Crippen molar-refractivity contribution in [1.29, 1.82) is 0 Å². The number of rotatable bonds is 3. The van der Waals surface area contributed by atoms with Crippen LogP contribution in [-0.4, -0.2) is 22.6 Å². The molecule has 4 nitrogen and oxygen atoms in total. The fourth-order valence-electron chi connectivity index (χ4n) is 0.947. The van der Waals surface area contributed by atoms with Crippen LogP contribution in [0.2, 0.25) is 0 Å². The van der Waals surface area contributed by atoms with Gasteiger partial charge in [0.2, 0.25) is 5.88 Å². The van der Waals surface area contributed by atoms with Gasteiger partial charge in [-0.3, -0.25) is 0 Å². The van der Waals surface area contributed by atoms with Crippen molar-refractivity contribution in [2.75, 3.05) is 18.1 Å². The average molecular weight is 200 g/mol. The second-order valence-electron chi connectivity index (χ2n) is 2.63. The molecule has 0 spiro atoms. The Hall–Kier alpha value is -1.10. The molecule has 0 bridgehead atoms. The van der Waals surface area contributed by atoms with Crippen LogP contribution in [0.4, 0.5) is 5.69 Å². The van der Waals surface area contributed by atoms with Gasteiger partial charge in [0.25, 0.3) is 0 Å². The molecular weight excluding hydrogens is 188 g/mol. The largest absolute Gasteiger partial charge is 0.480 e. The van der Waals surface area contributed by atoms with E-state index >= 15 is 0 Å². The Morgan fingerprint density at radius 3 is 2.85 bits per heavy atom. The van der Waals surface area contributed by atoms with Crippen molar-refractivity contribution in [2.24, 2.45) is 0 Å². The number of anilines is 1. The Morgan fingerprint density at radius 2 is 2.31 bits per heavy atom. The minimum atomic E-state index is -1.11. The number of methoxy groups -OCH3 is 1. The maximum Gasteiger partial charge on any atom is 0.238 e. The fourth-order valence-corrected chi connectivity index (χ4v) is 1.40. The average Bonchev–Trinajstić information content (AvgIpc) is 2.03. The minimum absolute atomic E-state index is 0.459. The van der Waals surface area contributed by atoms with E-state index in [-0.39, 0.29) is 0 Å². The first-order valence-electron chi connectivity index (χ1n) is 3.74. The van der Waals surface area contributed by atoms with Crippen molar-refractivity contribution >= 4 is 16.7 Å². The van der Waals surface area contributed by atoms with E-state index in [1.165, 1.54) is 7.11 Å². The third kappa shape index (κ3) is 2.69. The molecule has 0 amide bonds. The van der Waals surface area contributed by atoms with E-state index in [1.807, 2.05) is 13.0 Å². The highest BCUT2D eigenvalue weighted by molar-refractivity contribution is 7.85. The molecule has 1 unspecified atom stereocenters. The van der Waals surface area contributed by atoms with Gasteiger partial charge in [0.1, 0.15) is 16.7 Å². The molecule has 0 aliphatic rings. The molecule has 1 aromatic rings. The number of hydrogen-bond donors (Lipinski definition) is 1. The van der Waals surface area contributed by atoms with Gasteiger partial charge in [-0.1, -0.05) is 0 Å². The lowest BCUT2D eigenvalue weighted by atomic mass is 10.3. The van der Waals surface area contributed by atoms with Gasteiger partial charge in [-0.2, -0.15) is 0 Å². The van der Waals surface area contributed by atoms with E-state index in [1.54, 1.807) is 12.5 Å². The van der Waals surface area contributed by atoms with Crippen LogP contribution in [0.25, 0.3) is 0 Å². The quantitative estimate of drug-likeness (QED) is 0.795. The summed E-state index contributed by atoms with van der Waals surface area (Å²) in [6, 6.07) is 1.84. The molecule has 0 saturated heterocycles. The van der Waals surface area contributed by atoms with Gasteiger partial charge in [-0.05, 0) is 18.6 Å². The van der Waals surface area contributed by atoms with Gasteiger partial charge in [0.05, 0.1) is 7.11 Å². The number of ether oxygens (including phenoxy) is 1. The molecule has 1 atom stereocenters. The van der Waals surface area contributed by atoms with Gasteiger partial charge in [-0.25, -0.2) is 9.19 Å². The van der Waals surface area contributed by atoms with Gasteiger partial charge >= 0.3 is 0 Å². The summed E-state index contributed by atoms with van der Waals surface area (Å²) in [5.41, 5.74) is 1.65. The monoisotopic (exact) mass is 200 g/mol. The van der Waals surface area contributed by atoms with Crippen LogP contribution >= 0.6 is 0 Å². The summed E-state index contributed by atoms with van der Waals surface area (Å²) in [7, 11) is 0.422. The minimum Gasteiger partial charge on any atom is -0.480 e.